The van der Waals surface area contributed by atoms with Crippen LogP contribution in [0.15, 0.2) is 67.1 Å². The number of ether oxygens (including phenoxy) is 1. The van der Waals surface area contributed by atoms with E-state index in [1.165, 1.54) is 5.56 Å². The number of pyridine rings is 2. The minimum absolute atomic E-state index is 0.0552. The Morgan fingerprint density at radius 3 is 2.32 bits per heavy atom. The Kier molecular flexibility index (Phi) is 7.59. The fourth-order valence-electron chi connectivity index (χ4n) is 3.55. The van der Waals surface area contributed by atoms with Gasteiger partial charge in [-0.25, -0.2) is 4.98 Å². The monoisotopic (exact) mass is 471 g/mol. The SMILES string of the molecule is Cc1ccc(CC(c2cccnc2)C(C)NC(=O)C(C)(C)Oc2ccc(C(F)(F)F)cn2)cc1. The number of nitrogens with zero attached hydrogens (tertiary/aromatic N) is 2. The Morgan fingerprint density at radius 2 is 1.76 bits per heavy atom. The van der Waals surface area contributed by atoms with Gasteiger partial charge in [0.2, 0.25) is 5.88 Å². The van der Waals surface area contributed by atoms with Crippen molar-refractivity contribution in [3.05, 3.63) is 89.4 Å². The molecule has 3 rings (SSSR count). The third-order valence-electron chi connectivity index (χ3n) is 5.62. The first-order chi connectivity index (χ1) is 16.0. The van der Waals surface area contributed by atoms with Gasteiger partial charge in [0, 0.05) is 36.6 Å². The molecular weight excluding hydrogens is 443 g/mol. The predicted octanol–water partition coefficient (Wildman–Crippen LogP) is 5.49. The number of hydrogen-bond donors (Lipinski definition) is 1. The predicted molar refractivity (Wildman–Crippen MR) is 123 cm³/mol. The number of nitrogens with one attached hydrogen (secondary N) is 1. The summed E-state index contributed by atoms with van der Waals surface area (Å²) in [5.41, 5.74) is 1.04. The average molecular weight is 472 g/mol. The number of alkyl halides is 3. The molecule has 2 aromatic heterocycles. The number of benzene rings is 1. The van der Waals surface area contributed by atoms with Crippen LogP contribution in [0.1, 0.15) is 48.9 Å². The maximum absolute atomic E-state index is 13.1. The highest BCUT2D eigenvalue weighted by Gasteiger charge is 2.34. The van der Waals surface area contributed by atoms with Gasteiger partial charge in [-0.1, -0.05) is 35.9 Å². The van der Waals surface area contributed by atoms with E-state index in [0.717, 1.165) is 23.3 Å². The minimum Gasteiger partial charge on any atom is -0.462 e. The molecule has 0 aliphatic carbocycles. The first kappa shape index (κ1) is 25.2. The summed E-state index contributed by atoms with van der Waals surface area (Å²) >= 11 is 0. The van der Waals surface area contributed by atoms with E-state index in [4.69, 9.17) is 4.74 Å². The van der Waals surface area contributed by atoms with Crippen LogP contribution >= 0.6 is 0 Å². The maximum atomic E-state index is 13.1. The van der Waals surface area contributed by atoms with Crippen molar-refractivity contribution in [1.29, 1.82) is 0 Å². The fraction of sp³-hybridized carbons (Fsp3) is 0.346. The highest BCUT2D eigenvalue weighted by atomic mass is 19.4. The molecule has 2 atom stereocenters. The molecule has 5 nitrogen and oxygen atoms in total. The zero-order valence-corrected chi connectivity index (χ0v) is 19.6. The highest BCUT2D eigenvalue weighted by Crippen LogP contribution is 2.30. The van der Waals surface area contributed by atoms with Crippen LogP contribution in [-0.4, -0.2) is 27.5 Å². The van der Waals surface area contributed by atoms with Gasteiger partial charge in [0.15, 0.2) is 5.60 Å². The van der Waals surface area contributed by atoms with Gasteiger partial charge in [0.05, 0.1) is 5.56 Å². The number of halogens is 3. The van der Waals surface area contributed by atoms with Crippen LogP contribution in [0.25, 0.3) is 0 Å². The quantitative estimate of drug-likeness (QED) is 0.472. The Bertz CT molecular complexity index is 1080. The minimum atomic E-state index is -4.49. The van der Waals surface area contributed by atoms with Gasteiger partial charge >= 0.3 is 6.18 Å². The Labute approximate surface area is 197 Å². The second kappa shape index (κ2) is 10.2. The lowest BCUT2D eigenvalue weighted by Crippen LogP contribution is -2.51. The van der Waals surface area contributed by atoms with Crippen molar-refractivity contribution in [2.24, 2.45) is 0 Å². The second-order valence-corrected chi connectivity index (χ2v) is 8.84. The van der Waals surface area contributed by atoms with Crippen LogP contribution in [0.5, 0.6) is 5.88 Å². The number of aryl methyl sites for hydroxylation is 1. The molecule has 0 radical (unpaired) electrons. The van der Waals surface area contributed by atoms with E-state index in [1.54, 1.807) is 26.2 Å². The summed E-state index contributed by atoms with van der Waals surface area (Å²) in [6.07, 6.45) is 0.368. The number of amides is 1. The molecule has 0 fully saturated rings. The molecule has 0 bridgehead atoms. The molecule has 2 heterocycles. The topological polar surface area (TPSA) is 64.1 Å². The standard InChI is InChI=1S/C26H28F3N3O2/c1-17-7-9-19(10-8-17)14-22(20-6-5-13-30-15-20)18(2)32-24(33)25(3,4)34-23-12-11-21(16-31-23)26(27,28)29/h5-13,15-16,18,22H,14H2,1-4H3,(H,32,33). The van der Waals surface area contributed by atoms with Gasteiger partial charge < -0.3 is 10.1 Å². The van der Waals surface area contributed by atoms with Crippen molar-refractivity contribution in [3.8, 4) is 5.88 Å². The van der Waals surface area contributed by atoms with Crippen molar-refractivity contribution < 1.29 is 22.7 Å². The Balaban J connectivity index is 1.73. The van der Waals surface area contributed by atoms with Crippen LogP contribution in [0.3, 0.4) is 0 Å². The smallest absolute Gasteiger partial charge is 0.417 e. The van der Waals surface area contributed by atoms with Crippen LogP contribution in [0.4, 0.5) is 13.2 Å². The zero-order valence-electron chi connectivity index (χ0n) is 19.6. The third kappa shape index (κ3) is 6.56. The molecule has 0 saturated heterocycles. The van der Waals surface area contributed by atoms with Gasteiger partial charge in [-0.15, -0.1) is 0 Å². The Hall–Kier alpha value is -3.42. The van der Waals surface area contributed by atoms with Gasteiger partial charge in [-0.2, -0.15) is 13.2 Å². The molecule has 0 aliphatic heterocycles. The van der Waals surface area contributed by atoms with E-state index >= 15 is 0 Å². The van der Waals surface area contributed by atoms with Crippen LogP contribution in [0.2, 0.25) is 0 Å². The maximum Gasteiger partial charge on any atom is 0.417 e. The van der Waals surface area contributed by atoms with E-state index < -0.39 is 23.2 Å². The lowest BCUT2D eigenvalue weighted by Gasteiger charge is -2.30. The number of carbonyl (C=O) groups is 1. The van der Waals surface area contributed by atoms with Gasteiger partial charge in [0.25, 0.3) is 5.91 Å². The third-order valence-corrected chi connectivity index (χ3v) is 5.62. The van der Waals surface area contributed by atoms with Gasteiger partial charge in [0.1, 0.15) is 0 Å². The molecule has 0 saturated carbocycles. The Morgan fingerprint density at radius 1 is 1.06 bits per heavy atom. The number of rotatable bonds is 8. The zero-order chi connectivity index (χ0) is 24.9. The van der Waals surface area contributed by atoms with Crippen molar-refractivity contribution in [3.63, 3.8) is 0 Å². The van der Waals surface area contributed by atoms with Crippen molar-refractivity contribution in [2.45, 2.75) is 57.9 Å². The molecule has 3 aromatic rings. The van der Waals surface area contributed by atoms with E-state index in [9.17, 15) is 18.0 Å². The number of hydrogen-bond acceptors (Lipinski definition) is 4. The van der Waals surface area contributed by atoms with E-state index in [1.807, 2.05) is 38.1 Å². The van der Waals surface area contributed by atoms with E-state index in [0.29, 0.717) is 12.6 Å². The summed E-state index contributed by atoms with van der Waals surface area (Å²) in [6, 6.07) is 13.8. The molecule has 1 N–H and O–H groups in total. The molecule has 2 unspecified atom stereocenters. The summed E-state index contributed by atoms with van der Waals surface area (Å²) in [6.45, 7) is 7.04. The lowest BCUT2D eigenvalue weighted by atomic mass is 9.87. The summed E-state index contributed by atoms with van der Waals surface area (Å²) in [5.74, 6) is -0.524. The van der Waals surface area contributed by atoms with Gasteiger partial charge in [-0.05, 0) is 57.4 Å². The fourth-order valence-corrected chi connectivity index (χ4v) is 3.55. The summed E-state index contributed by atoms with van der Waals surface area (Å²) < 4.78 is 44.0. The van der Waals surface area contributed by atoms with Gasteiger partial charge in [-0.3, -0.25) is 9.78 Å². The van der Waals surface area contributed by atoms with Crippen LogP contribution in [0, 0.1) is 6.92 Å². The summed E-state index contributed by atoms with van der Waals surface area (Å²) in [5, 5.41) is 3.01. The molecule has 0 spiro atoms. The highest BCUT2D eigenvalue weighted by molar-refractivity contribution is 5.85. The van der Waals surface area contributed by atoms with Crippen molar-refractivity contribution in [1.82, 2.24) is 15.3 Å². The normalized spacial score (nSPS) is 13.7. The summed E-state index contributed by atoms with van der Waals surface area (Å²) in [7, 11) is 0. The van der Waals surface area contributed by atoms with E-state index in [2.05, 4.69) is 27.4 Å². The second-order valence-electron chi connectivity index (χ2n) is 8.84. The molecule has 1 amide bonds. The van der Waals surface area contributed by atoms with Crippen LogP contribution in [-0.2, 0) is 17.4 Å². The molecule has 8 heteroatoms. The lowest BCUT2D eigenvalue weighted by molar-refractivity contribution is -0.138. The molecule has 0 aliphatic rings. The van der Waals surface area contributed by atoms with E-state index in [-0.39, 0.29) is 17.8 Å². The molecule has 180 valence electrons. The number of aromatic nitrogens is 2. The largest absolute Gasteiger partial charge is 0.462 e. The average Bonchev–Trinajstić information content (AvgIpc) is 2.78. The first-order valence-electron chi connectivity index (χ1n) is 10.9. The molecule has 34 heavy (non-hydrogen) atoms. The number of carbonyl (C=O) groups excluding carboxylic acids is 1. The first-order valence-corrected chi connectivity index (χ1v) is 10.9. The molecule has 1 aromatic carbocycles. The van der Waals surface area contributed by atoms with Crippen molar-refractivity contribution >= 4 is 5.91 Å². The van der Waals surface area contributed by atoms with Crippen molar-refractivity contribution in [2.75, 3.05) is 0 Å². The molecular formula is C26H28F3N3O2. The summed E-state index contributed by atoms with van der Waals surface area (Å²) in [4.78, 5) is 21.0. The van der Waals surface area contributed by atoms with Crippen LogP contribution < -0.4 is 10.1 Å².